The third kappa shape index (κ3) is 2.27. The highest BCUT2D eigenvalue weighted by molar-refractivity contribution is 5.68. The second-order valence-electron chi connectivity index (χ2n) is 5.65. The molecule has 0 saturated carbocycles. The van der Waals surface area contributed by atoms with E-state index in [9.17, 15) is 9.90 Å². The molecular weight excluding hydrogens is 244 g/mol. The molecular formula is C15H20O4. The first kappa shape index (κ1) is 13.7. The number of carboxylic acid groups (broad SMARTS) is 1. The lowest BCUT2D eigenvalue weighted by Gasteiger charge is -2.37. The minimum Gasteiger partial charge on any atom is -0.507 e. The number of phenolic OH excluding ortho intramolecular Hbond substituents is 1. The first-order valence-electron chi connectivity index (χ1n) is 6.47. The summed E-state index contributed by atoms with van der Waals surface area (Å²) in [6.45, 7) is 7.47. The van der Waals surface area contributed by atoms with Gasteiger partial charge >= 0.3 is 5.97 Å². The van der Waals surface area contributed by atoms with Gasteiger partial charge in [-0.1, -0.05) is 0 Å². The molecule has 0 spiro atoms. The number of hydrogen-bond acceptors (Lipinski definition) is 3. The largest absolute Gasteiger partial charge is 0.507 e. The van der Waals surface area contributed by atoms with E-state index in [2.05, 4.69) is 0 Å². The summed E-state index contributed by atoms with van der Waals surface area (Å²) in [6, 6.07) is 0. The summed E-state index contributed by atoms with van der Waals surface area (Å²) in [5.41, 5.74) is 2.88. The smallest absolute Gasteiger partial charge is 0.307 e. The maximum Gasteiger partial charge on any atom is 0.307 e. The Bertz CT molecular complexity index is 548. The first-order valence-corrected chi connectivity index (χ1v) is 6.47. The molecule has 2 rings (SSSR count). The van der Waals surface area contributed by atoms with Crippen molar-refractivity contribution in [2.24, 2.45) is 0 Å². The third-order valence-electron chi connectivity index (χ3n) is 4.12. The van der Waals surface area contributed by atoms with Gasteiger partial charge in [0.05, 0.1) is 6.42 Å². The Hall–Kier alpha value is -1.71. The van der Waals surface area contributed by atoms with Gasteiger partial charge in [0, 0.05) is 5.56 Å². The highest BCUT2D eigenvalue weighted by atomic mass is 16.5. The number of rotatable bonds is 2. The van der Waals surface area contributed by atoms with Gasteiger partial charge in [0.25, 0.3) is 0 Å². The zero-order chi connectivity index (χ0) is 14.4. The maximum absolute atomic E-state index is 10.9. The van der Waals surface area contributed by atoms with Crippen molar-refractivity contribution in [2.75, 3.05) is 0 Å². The van der Waals surface area contributed by atoms with E-state index < -0.39 is 11.6 Å². The fraction of sp³-hybridized carbons (Fsp3) is 0.533. The Morgan fingerprint density at radius 2 is 1.89 bits per heavy atom. The van der Waals surface area contributed by atoms with E-state index in [4.69, 9.17) is 9.84 Å². The number of benzene rings is 1. The third-order valence-corrected chi connectivity index (χ3v) is 4.12. The van der Waals surface area contributed by atoms with E-state index in [1.54, 1.807) is 0 Å². The van der Waals surface area contributed by atoms with Crippen LogP contribution in [0.2, 0.25) is 0 Å². The minimum absolute atomic E-state index is 0.00908. The van der Waals surface area contributed by atoms with Gasteiger partial charge in [-0.2, -0.15) is 0 Å². The summed E-state index contributed by atoms with van der Waals surface area (Å²) in [6.07, 6.45) is 1.37. The van der Waals surface area contributed by atoms with E-state index in [-0.39, 0.29) is 6.42 Å². The molecule has 1 atom stereocenters. The molecule has 0 unspecified atom stereocenters. The summed E-state index contributed by atoms with van der Waals surface area (Å²) >= 11 is 0. The second-order valence-corrected chi connectivity index (χ2v) is 5.65. The Morgan fingerprint density at radius 1 is 1.26 bits per heavy atom. The number of phenols is 1. The van der Waals surface area contributed by atoms with E-state index in [0.29, 0.717) is 12.2 Å². The van der Waals surface area contributed by atoms with Crippen LogP contribution in [0.5, 0.6) is 11.5 Å². The van der Waals surface area contributed by atoms with Crippen LogP contribution in [0, 0.1) is 20.8 Å². The topological polar surface area (TPSA) is 66.8 Å². The van der Waals surface area contributed by atoms with Crippen LogP contribution in [-0.4, -0.2) is 21.8 Å². The van der Waals surface area contributed by atoms with Crippen LogP contribution in [0.3, 0.4) is 0 Å². The van der Waals surface area contributed by atoms with Crippen LogP contribution in [0.4, 0.5) is 0 Å². The van der Waals surface area contributed by atoms with Crippen molar-refractivity contribution >= 4 is 5.97 Å². The highest BCUT2D eigenvalue weighted by Gasteiger charge is 2.36. The molecule has 1 aromatic carbocycles. The summed E-state index contributed by atoms with van der Waals surface area (Å²) in [5, 5.41) is 19.1. The van der Waals surface area contributed by atoms with Crippen molar-refractivity contribution in [3.8, 4) is 11.5 Å². The van der Waals surface area contributed by atoms with Gasteiger partial charge in [-0.15, -0.1) is 0 Å². The molecule has 0 aliphatic carbocycles. The van der Waals surface area contributed by atoms with Crippen LogP contribution in [0.15, 0.2) is 0 Å². The van der Waals surface area contributed by atoms with Crippen molar-refractivity contribution in [2.45, 2.75) is 52.6 Å². The second kappa shape index (κ2) is 4.44. The molecule has 0 saturated heterocycles. The van der Waals surface area contributed by atoms with Crippen LogP contribution in [0.1, 0.15) is 42.0 Å². The number of ether oxygens (including phenoxy) is 1. The zero-order valence-corrected chi connectivity index (χ0v) is 11.8. The summed E-state index contributed by atoms with van der Waals surface area (Å²) < 4.78 is 5.99. The Labute approximate surface area is 113 Å². The predicted octanol–water partition coefficient (Wildman–Crippen LogP) is 2.88. The van der Waals surface area contributed by atoms with Crippen LogP contribution >= 0.6 is 0 Å². The molecule has 0 fully saturated rings. The monoisotopic (exact) mass is 264 g/mol. The number of fused-ring (bicyclic) bond motifs is 1. The van der Waals surface area contributed by atoms with Crippen molar-refractivity contribution < 1.29 is 19.7 Å². The van der Waals surface area contributed by atoms with E-state index in [0.717, 1.165) is 34.4 Å². The van der Waals surface area contributed by atoms with E-state index >= 15 is 0 Å². The molecule has 1 heterocycles. The normalized spacial score (nSPS) is 21.7. The molecule has 0 amide bonds. The molecule has 4 nitrogen and oxygen atoms in total. The Balaban J connectivity index is 2.49. The standard InChI is InChI=1S/C15H20O4/c1-8-9(2)14-11(10(3)13(8)18)5-6-15(4,19-14)7-12(16)17/h18H,5-7H2,1-4H3,(H,16,17)/t15-/m1/s1. The SMILES string of the molecule is Cc1c(C)c2c(c(C)c1O)CC[C@](C)(CC(=O)O)O2. The average molecular weight is 264 g/mol. The van der Waals surface area contributed by atoms with Gasteiger partial charge in [0.2, 0.25) is 0 Å². The number of hydrogen-bond donors (Lipinski definition) is 2. The van der Waals surface area contributed by atoms with Gasteiger partial charge in [0.15, 0.2) is 0 Å². The molecule has 0 bridgehead atoms. The quantitative estimate of drug-likeness (QED) is 0.862. The first-order chi connectivity index (χ1) is 8.75. The fourth-order valence-corrected chi connectivity index (χ4v) is 2.74. The number of aromatic hydroxyl groups is 1. The van der Waals surface area contributed by atoms with Crippen LogP contribution in [-0.2, 0) is 11.2 Å². The predicted molar refractivity (Wildman–Crippen MR) is 71.9 cm³/mol. The Kier molecular flexibility index (Phi) is 3.20. The summed E-state index contributed by atoms with van der Waals surface area (Å²) in [5.74, 6) is 0.223. The molecule has 1 aromatic rings. The number of carboxylic acids is 1. The summed E-state index contributed by atoms with van der Waals surface area (Å²) in [4.78, 5) is 10.9. The van der Waals surface area contributed by atoms with Gasteiger partial charge in [0.1, 0.15) is 17.1 Å². The highest BCUT2D eigenvalue weighted by Crippen LogP contribution is 2.43. The zero-order valence-electron chi connectivity index (χ0n) is 11.8. The number of carbonyl (C=O) groups is 1. The lowest BCUT2D eigenvalue weighted by Crippen LogP contribution is -2.39. The lowest BCUT2D eigenvalue weighted by atomic mass is 9.85. The van der Waals surface area contributed by atoms with Gasteiger partial charge in [-0.25, -0.2) is 0 Å². The van der Waals surface area contributed by atoms with Gasteiger partial charge in [-0.05, 0) is 57.2 Å². The molecule has 104 valence electrons. The van der Waals surface area contributed by atoms with Crippen molar-refractivity contribution in [1.29, 1.82) is 0 Å². The van der Waals surface area contributed by atoms with Crippen LogP contribution < -0.4 is 4.74 Å². The molecule has 0 aromatic heterocycles. The minimum atomic E-state index is -0.851. The summed E-state index contributed by atoms with van der Waals surface area (Å²) in [7, 11) is 0. The molecule has 4 heteroatoms. The van der Waals surface area contributed by atoms with Crippen LogP contribution in [0.25, 0.3) is 0 Å². The van der Waals surface area contributed by atoms with Gasteiger partial charge < -0.3 is 14.9 Å². The van der Waals surface area contributed by atoms with E-state index in [1.807, 2.05) is 27.7 Å². The van der Waals surface area contributed by atoms with Crippen molar-refractivity contribution in [1.82, 2.24) is 0 Å². The fourth-order valence-electron chi connectivity index (χ4n) is 2.74. The van der Waals surface area contributed by atoms with Crippen molar-refractivity contribution in [3.05, 3.63) is 22.3 Å². The average Bonchev–Trinajstić information content (AvgIpc) is 2.32. The Morgan fingerprint density at radius 3 is 2.47 bits per heavy atom. The van der Waals surface area contributed by atoms with E-state index in [1.165, 1.54) is 0 Å². The molecule has 19 heavy (non-hydrogen) atoms. The van der Waals surface area contributed by atoms with Gasteiger partial charge in [-0.3, -0.25) is 4.79 Å². The molecule has 0 radical (unpaired) electrons. The number of aliphatic carboxylic acids is 1. The molecule has 1 aliphatic heterocycles. The van der Waals surface area contributed by atoms with Crippen molar-refractivity contribution in [3.63, 3.8) is 0 Å². The molecule has 1 aliphatic rings. The lowest BCUT2D eigenvalue weighted by molar-refractivity contribution is -0.141. The molecule has 2 N–H and O–H groups in total. The maximum atomic E-state index is 10.9.